The average Bonchev–Trinajstić information content (AvgIpc) is 2.94. The highest BCUT2D eigenvalue weighted by molar-refractivity contribution is 7.99. The minimum atomic E-state index is 0.568. The fourth-order valence-electron chi connectivity index (χ4n) is 1.91. The zero-order chi connectivity index (χ0) is 14.5. The van der Waals surface area contributed by atoms with Crippen LogP contribution in [0.25, 0.3) is 0 Å². The van der Waals surface area contributed by atoms with Gasteiger partial charge in [0.1, 0.15) is 16.9 Å². The van der Waals surface area contributed by atoms with Gasteiger partial charge in [-0.3, -0.25) is 5.10 Å². The van der Waals surface area contributed by atoms with Gasteiger partial charge in [0, 0.05) is 6.42 Å². The quantitative estimate of drug-likeness (QED) is 0.907. The van der Waals surface area contributed by atoms with Gasteiger partial charge in [-0.15, -0.1) is 10.2 Å². The maximum absolute atomic E-state index is 9.40. The molecule has 0 aliphatic heterocycles. The molecule has 0 aliphatic rings. The number of aromatic nitrogens is 5. The van der Waals surface area contributed by atoms with Gasteiger partial charge in [-0.2, -0.15) is 10.4 Å². The molecule has 1 N–H and O–H groups in total. The molecule has 0 amide bonds. The molecule has 0 saturated heterocycles. The van der Waals surface area contributed by atoms with Crippen molar-refractivity contribution in [1.29, 1.82) is 5.26 Å². The molecule has 2 aromatic heterocycles. The molecule has 7 heteroatoms. The third kappa shape index (κ3) is 2.80. The summed E-state index contributed by atoms with van der Waals surface area (Å²) in [7, 11) is 0. The summed E-state index contributed by atoms with van der Waals surface area (Å²) in [6.07, 6.45) is 2.33. The Labute approximate surface area is 122 Å². The van der Waals surface area contributed by atoms with E-state index in [1.54, 1.807) is 0 Å². The van der Waals surface area contributed by atoms with E-state index in [1.165, 1.54) is 11.8 Å². The van der Waals surface area contributed by atoms with E-state index in [-0.39, 0.29) is 0 Å². The first-order valence-electron chi connectivity index (χ1n) is 6.61. The van der Waals surface area contributed by atoms with Gasteiger partial charge < -0.3 is 0 Å². The number of hydrogen-bond acceptors (Lipinski definition) is 6. The van der Waals surface area contributed by atoms with Crippen molar-refractivity contribution in [3.63, 3.8) is 0 Å². The van der Waals surface area contributed by atoms with Gasteiger partial charge in [0.05, 0.1) is 11.3 Å². The minimum Gasteiger partial charge on any atom is -0.262 e. The fourth-order valence-corrected chi connectivity index (χ4v) is 2.68. The van der Waals surface area contributed by atoms with Gasteiger partial charge in [-0.05, 0) is 30.2 Å². The van der Waals surface area contributed by atoms with Crippen LogP contribution in [0, 0.1) is 11.3 Å². The second kappa shape index (κ2) is 6.48. The van der Waals surface area contributed by atoms with Gasteiger partial charge >= 0.3 is 0 Å². The zero-order valence-corrected chi connectivity index (χ0v) is 12.6. The Balaban J connectivity index is 2.39. The van der Waals surface area contributed by atoms with E-state index in [9.17, 15) is 5.26 Å². The van der Waals surface area contributed by atoms with Crippen LogP contribution in [-0.4, -0.2) is 25.4 Å². The number of nitrogens with one attached hydrogen (secondary N) is 1. The number of nitriles is 1. The first-order valence-corrected chi connectivity index (χ1v) is 7.42. The first-order chi connectivity index (χ1) is 9.73. The summed E-state index contributed by atoms with van der Waals surface area (Å²) < 4.78 is 0. The summed E-state index contributed by atoms with van der Waals surface area (Å²) in [4.78, 5) is 4.32. The van der Waals surface area contributed by atoms with E-state index in [1.807, 2.05) is 20.8 Å². The second-order valence-corrected chi connectivity index (χ2v) is 5.10. The van der Waals surface area contributed by atoms with E-state index in [0.29, 0.717) is 15.7 Å². The molecule has 0 aromatic carbocycles. The largest absolute Gasteiger partial charge is 0.262 e. The molecule has 0 fully saturated rings. The van der Waals surface area contributed by atoms with E-state index in [0.717, 1.165) is 36.3 Å². The molecule has 0 spiro atoms. The molecular formula is C13H16N6S. The molecule has 0 bridgehead atoms. The number of nitrogens with zero attached hydrogens (tertiary/aromatic N) is 5. The standard InChI is InChI=1S/C13H16N6S/c1-4-8-9(7-14)12(18-16-10(8)5-2)20-13-15-11(6-3)17-19-13/h4-6H2,1-3H3,(H,15,17,19). The van der Waals surface area contributed by atoms with Crippen molar-refractivity contribution >= 4 is 11.8 Å². The van der Waals surface area contributed by atoms with Crippen LogP contribution in [0.5, 0.6) is 0 Å². The lowest BCUT2D eigenvalue weighted by molar-refractivity contribution is 0.815. The van der Waals surface area contributed by atoms with E-state index in [2.05, 4.69) is 31.4 Å². The summed E-state index contributed by atoms with van der Waals surface area (Å²) in [5.41, 5.74) is 2.45. The topological polar surface area (TPSA) is 91.1 Å². The van der Waals surface area contributed by atoms with Crippen LogP contribution < -0.4 is 0 Å². The molecule has 20 heavy (non-hydrogen) atoms. The predicted octanol–water partition coefficient (Wildman–Crippen LogP) is 2.30. The lowest BCUT2D eigenvalue weighted by Crippen LogP contribution is -2.04. The molecule has 0 aliphatic carbocycles. The Bertz CT molecular complexity index is 643. The molecule has 0 radical (unpaired) electrons. The molecule has 2 rings (SSSR count). The predicted molar refractivity (Wildman–Crippen MR) is 75.4 cm³/mol. The van der Waals surface area contributed by atoms with E-state index in [4.69, 9.17) is 0 Å². The Morgan fingerprint density at radius 2 is 1.95 bits per heavy atom. The fraction of sp³-hybridized carbons (Fsp3) is 0.462. The van der Waals surface area contributed by atoms with Crippen LogP contribution in [0.3, 0.4) is 0 Å². The smallest absolute Gasteiger partial charge is 0.214 e. The Kier molecular flexibility index (Phi) is 4.69. The lowest BCUT2D eigenvalue weighted by Gasteiger charge is -2.08. The van der Waals surface area contributed by atoms with Crippen molar-refractivity contribution < 1.29 is 0 Å². The van der Waals surface area contributed by atoms with Crippen molar-refractivity contribution in [2.24, 2.45) is 0 Å². The van der Waals surface area contributed by atoms with E-state index >= 15 is 0 Å². The van der Waals surface area contributed by atoms with Crippen molar-refractivity contribution in [2.45, 2.75) is 50.2 Å². The van der Waals surface area contributed by atoms with Crippen LogP contribution in [0.1, 0.15) is 43.4 Å². The SMILES string of the molecule is CCc1nc(Sc2nnc(CC)c(CC)c2C#N)n[nH]1. The number of H-pyrrole nitrogens is 1. The van der Waals surface area contributed by atoms with E-state index < -0.39 is 0 Å². The average molecular weight is 288 g/mol. The Morgan fingerprint density at radius 3 is 2.50 bits per heavy atom. The summed E-state index contributed by atoms with van der Waals surface area (Å²) in [6, 6.07) is 2.24. The maximum atomic E-state index is 9.40. The van der Waals surface area contributed by atoms with Gasteiger partial charge in [-0.25, -0.2) is 4.98 Å². The molecular weight excluding hydrogens is 272 g/mol. The summed E-state index contributed by atoms with van der Waals surface area (Å²) in [5.74, 6) is 0.819. The van der Waals surface area contributed by atoms with Crippen LogP contribution in [-0.2, 0) is 19.3 Å². The third-order valence-corrected chi connectivity index (χ3v) is 3.80. The summed E-state index contributed by atoms with van der Waals surface area (Å²) >= 11 is 1.27. The Hall–Kier alpha value is -1.94. The summed E-state index contributed by atoms with van der Waals surface area (Å²) in [6.45, 7) is 6.04. The molecule has 0 unspecified atom stereocenters. The monoisotopic (exact) mass is 288 g/mol. The molecule has 0 atom stereocenters. The number of aromatic amines is 1. The summed E-state index contributed by atoms with van der Waals surface area (Å²) in [5, 5.41) is 25.9. The molecule has 6 nitrogen and oxygen atoms in total. The van der Waals surface area contributed by atoms with Crippen molar-refractivity contribution in [3.05, 3.63) is 22.6 Å². The molecule has 2 heterocycles. The van der Waals surface area contributed by atoms with Crippen molar-refractivity contribution in [3.8, 4) is 6.07 Å². The third-order valence-electron chi connectivity index (χ3n) is 2.96. The molecule has 2 aromatic rings. The van der Waals surface area contributed by atoms with Crippen LogP contribution in [0.4, 0.5) is 0 Å². The van der Waals surface area contributed by atoms with Crippen molar-refractivity contribution in [1.82, 2.24) is 25.4 Å². The number of rotatable bonds is 5. The zero-order valence-electron chi connectivity index (χ0n) is 11.8. The van der Waals surface area contributed by atoms with Gasteiger partial charge in [0.15, 0.2) is 0 Å². The van der Waals surface area contributed by atoms with Gasteiger partial charge in [0.25, 0.3) is 0 Å². The van der Waals surface area contributed by atoms with Gasteiger partial charge in [0.2, 0.25) is 5.16 Å². The highest BCUT2D eigenvalue weighted by Crippen LogP contribution is 2.28. The van der Waals surface area contributed by atoms with Crippen LogP contribution in [0.15, 0.2) is 10.2 Å². The molecule has 0 saturated carbocycles. The normalized spacial score (nSPS) is 10.5. The number of aryl methyl sites for hydroxylation is 2. The van der Waals surface area contributed by atoms with Gasteiger partial charge in [-0.1, -0.05) is 20.8 Å². The Morgan fingerprint density at radius 1 is 1.15 bits per heavy atom. The second-order valence-electron chi connectivity index (χ2n) is 4.14. The van der Waals surface area contributed by atoms with Crippen LogP contribution >= 0.6 is 11.8 Å². The highest BCUT2D eigenvalue weighted by Gasteiger charge is 2.16. The van der Waals surface area contributed by atoms with Crippen LogP contribution in [0.2, 0.25) is 0 Å². The molecule has 104 valence electrons. The number of hydrogen-bond donors (Lipinski definition) is 1. The van der Waals surface area contributed by atoms with Crippen molar-refractivity contribution in [2.75, 3.05) is 0 Å². The minimum absolute atomic E-state index is 0.568. The highest BCUT2D eigenvalue weighted by atomic mass is 32.2. The lowest BCUT2D eigenvalue weighted by atomic mass is 10.1. The maximum Gasteiger partial charge on any atom is 0.214 e. The first kappa shape index (κ1) is 14.5.